The molecule has 0 aliphatic heterocycles. The molecule has 0 aromatic heterocycles. The zero-order chi connectivity index (χ0) is 12.8. The number of anilines is 1. The summed E-state index contributed by atoms with van der Waals surface area (Å²) in [6.07, 6.45) is 0. The Hall–Kier alpha value is -1.30. The van der Waals surface area contributed by atoms with E-state index in [4.69, 9.17) is 10.5 Å². The summed E-state index contributed by atoms with van der Waals surface area (Å²) in [6, 6.07) is 1.52. The molecule has 0 unspecified atom stereocenters. The second-order valence-corrected chi connectivity index (χ2v) is 4.58. The monoisotopic (exact) mass is 261 g/mol. The summed E-state index contributed by atoms with van der Waals surface area (Å²) in [4.78, 5) is 11.5. The number of hydrogen-bond acceptors (Lipinski definition) is 4. The molecule has 0 heterocycles. The van der Waals surface area contributed by atoms with Gasteiger partial charge in [0, 0.05) is 17.5 Å². The highest BCUT2D eigenvalue weighted by Gasteiger charge is 2.15. The summed E-state index contributed by atoms with van der Waals surface area (Å²) in [7, 11) is 0. The topological polar surface area (TPSA) is 52.3 Å². The average molecular weight is 261 g/mol. The zero-order valence-corrected chi connectivity index (χ0v) is 10.2. The lowest BCUT2D eigenvalue weighted by atomic mass is 10.1. The van der Waals surface area contributed by atoms with Gasteiger partial charge in [-0.1, -0.05) is 6.92 Å². The standard InChI is InChI=1S/C11H13F2NO2S/c1-2-17-4-3-16-11(15)7-5-8(12)9(13)6-10(7)14/h5-6H,2-4,14H2,1H3. The number of ether oxygens (including phenoxy) is 1. The summed E-state index contributed by atoms with van der Waals surface area (Å²) in [5, 5.41) is 0. The minimum atomic E-state index is -1.12. The van der Waals surface area contributed by atoms with Crippen LogP contribution in [-0.4, -0.2) is 24.1 Å². The third-order valence-corrected chi connectivity index (χ3v) is 2.84. The van der Waals surface area contributed by atoms with Crippen LogP contribution in [-0.2, 0) is 4.74 Å². The van der Waals surface area contributed by atoms with E-state index in [9.17, 15) is 13.6 Å². The highest BCUT2D eigenvalue weighted by Crippen LogP contribution is 2.18. The first-order valence-electron chi connectivity index (χ1n) is 5.05. The highest BCUT2D eigenvalue weighted by molar-refractivity contribution is 7.99. The summed E-state index contributed by atoms with van der Waals surface area (Å²) >= 11 is 1.61. The Morgan fingerprint density at radius 2 is 2.06 bits per heavy atom. The van der Waals surface area contributed by atoms with Crippen LogP contribution in [0, 0.1) is 11.6 Å². The van der Waals surface area contributed by atoms with Gasteiger partial charge in [0.1, 0.15) is 6.61 Å². The molecule has 1 aromatic carbocycles. The van der Waals surface area contributed by atoms with Crippen LogP contribution in [0.15, 0.2) is 12.1 Å². The minimum absolute atomic E-state index is 0.128. The number of rotatable bonds is 5. The number of carbonyl (C=O) groups is 1. The Morgan fingerprint density at radius 1 is 1.41 bits per heavy atom. The molecule has 17 heavy (non-hydrogen) atoms. The molecule has 3 nitrogen and oxygen atoms in total. The molecule has 0 spiro atoms. The molecule has 2 N–H and O–H groups in total. The van der Waals surface area contributed by atoms with Gasteiger partial charge in [0.05, 0.1) is 5.56 Å². The van der Waals surface area contributed by atoms with Gasteiger partial charge in [0.2, 0.25) is 0 Å². The van der Waals surface area contributed by atoms with Crippen LogP contribution < -0.4 is 5.73 Å². The second kappa shape index (κ2) is 6.44. The van der Waals surface area contributed by atoms with Crippen LogP contribution >= 0.6 is 11.8 Å². The van der Waals surface area contributed by atoms with E-state index < -0.39 is 17.6 Å². The van der Waals surface area contributed by atoms with Crippen LogP contribution in [0.3, 0.4) is 0 Å². The normalized spacial score (nSPS) is 10.3. The molecule has 0 saturated carbocycles. The summed E-state index contributed by atoms with van der Waals surface area (Å²) in [5.41, 5.74) is 5.13. The molecule has 1 rings (SSSR count). The van der Waals surface area contributed by atoms with Gasteiger partial charge in [0.25, 0.3) is 0 Å². The van der Waals surface area contributed by atoms with Gasteiger partial charge in [-0.25, -0.2) is 13.6 Å². The van der Waals surface area contributed by atoms with Gasteiger partial charge in [-0.3, -0.25) is 0 Å². The van der Waals surface area contributed by atoms with E-state index in [0.29, 0.717) is 5.75 Å². The Morgan fingerprint density at radius 3 is 2.71 bits per heavy atom. The molecule has 0 amide bonds. The van der Waals surface area contributed by atoms with Crippen molar-refractivity contribution in [2.24, 2.45) is 0 Å². The number of nitrogens with two attached hydrogens (primary N) is 1. The minimum Gasteiger partial charge on any atom is -0.461 e. The number of nitrogen functional groups attached to an aromatic ring is 1. The predicted molar refractivity (Wildman–Crippen MR) is 64.1 cm³/mol. The molecule has 6 heteroatoms. The van der Waals surface area contributed by atoms with Crippen molar-refractivity contribution in [3.63, 3.8) is 0 Å². The molecule has 0 fully saturated rings. The van der Waals surface area contributed by atoms with Crippen LogP contribution in [0.1, 0.15) is 17.3 Å². The smallest absolute Gasteiger partial charge is 0.340 e. The maximum Gasteiger partial charge on any atom is 0.340 e. The quantitative estimate of drug-likeness (QED) is 0.502. The molecule has 0 saturated heterocycles. The molecule has 94 valence electrons. The maximum absolute atomic E-state index is 12.9. The van der Waals surface area contributed by atoms with Crippen molar-refractivity contribution in [2.75, 3.05) is 23.8 Å². The number of halogens is 2. The fraction of sp³-hybridized carbons (Fsp3) is 0.364. The van der Waals surface area contributed by atoms with Gasteiger partial charge >= 0.3 is 5.97 Å². The lowest BCUT2D eigenvalue weighted by molar-refractivity contribution is 0.0531. The first-order chi connectivity index (χ1) is 8.06. The van der Waals surface area contributed by atoms with Crippen LogP contribution in [0.2, 0.25) is 0 Å². The fourth-order valence-electron chi connectivity index (χ4n) is 1.15. The third-order valence-electron chi connectivity index (χ3n) is 1.98. The first kappa shape index (κ1) is 13.8. The molecule has 0 aliphatic rings. The van der Waals surface area contributed by atoms with E-state index in [1.807, 2.05) is 6.92 Å². The molecule has 0 aliphatic carbocycles. The number of thioether (sulfide) groups is 1. The summed E-state index contributed by atoms with van der Waals surface area (Å²) in [6.45, 7) is 2.20. The van der Waals surface area contributed by atoms with E-state index in [2.05, 4.69) is 0 Å². The maximum atomic E-state index is 12.9. The summed E-state index contributed by atoms with van der Waals surface area (Å²) < 4.78 is 30.6. The van der Waals surface area contributed by atoms with Crippen LogP contribution in [0.25, 0.3) is 0 Å². The van der Waals surface area contributed by atoms with Crippen molar-refractivity contribution in [1.82, 2.24) is 0 Å². The first-order valence-corrected chi connectivity index (χ1v) is 6.21. The van der Waals surface area contributed by atoms with E-state index in [1.54, 1.807) is 11.8 Å². The van der Waals surface area contributed by atoms with Crippen molar-refractivity contribution in [3.05, 3.63) is 29.3 Å². The number of esters is 1. The van der Waals surface area contributed by atoms with Crippen molar-refractivity contribution < 1.29 is 18.3 Å². The number of carbonyl (C=O) groups excluding carboxylic acids is 1. The zero-order valence-electron chi connectivity index (χ0n) is 9.33. The average Bonchev–Trinajstić information content (AvgIpc) is 2.29. The Balaban J connectivity index is 2.66. The Kier molecular flexibility index (Phi) is 5.21. The lowest BCUT2D eigenvalue weighted by Crippen LogP contribution is -2.11. The Bertz CT molecular complexity index is 413. The molecular formula is C11H13F2NO2S. The van der Waals surface area contributed by atoms with E-state index in [1.165, 1.54) is 0 Å². The highest BCUT2D eigenvalue weighted by atomic mass is 32.2. The third kappa shape index (κ3) is 3.89. The van der Waals surface area contributed by atoms with E-state index >= 15 is 0 Å². The van der Waals surface area contributed by atoms with E-state index in [0.717, 1.165) is 17.9 Å². The predicted octanol–water partition coefficient (Wildman–Crippen LogP) is 2.46. The van der Waals surface area contributed by atoms with Gasteiger partial charge in [0.15, 0.2) is 11.6 Å². The molecule has 0 bridgehead atoms. The van der Waals surface area contributed by atoms with Crippen LogP contribution in [0.4, 0.5) is 14.5 Å². The van der Waals surface area contributed by atoms with Gasteiger partial charge in [-0.2, -0.15) is 11.8 Å². The SMILES string of the molecule is CCSCCOC(=O)c1cc(F)c(F)cc1N. The van der Waals surface area contributed by atoms with Gasteiger partial charge < -0.3 is 10.5 Å². The molecular weight excluding hydrogens is 248 g/mol. The molecule has 1 aromatic rings. The van der Waals surface area contributed by atoms with Gasteiger partial charge in [-0.05, 0) is 11.8 Å². The largest absolute Gasteiger partial charge is 0.461 e. The molecule has 0 atom stereocenters. The van der Waals surface area contributed by atoms with Crippen molar-refractivity contribution in [3.8, 4) is 0 Å². The number of benzene rings is 1. The van der Waals surface area contributed by atoms with Crippen molar-refractivity contribution in [2.45, 2.75) is 6.92 Å². The van der Waals surface area contributed by atoms with Crippen molar-refractivity contribution in [1.29, 1.82) is 0 Å². The lowest BCUT2D eigenvalue weighted by Gasteiger charge is -2.07. The second-order valence-electron chi connectivity index (χ2n) is 3.19. The van der Waals surface area contributed by atoms with Crippen LogP contribution in [0.5, 0.6) is 0 Å². The number of hydrogen-bond donors (Lipinski definition) is 1. The van der Waals surface area contributed by atoms with Gasteiger partial charge in [-0.15, -0.1) is 0 Å². The van der Waals surface area contributed by atoms with Crippen molar-refractivity contribution >= 4 is 23.4 Å². The fourth-order valence-corrected chi connectivity index (χ4v) is 1.64. The van der Waals surface area contributed by atoms with E-state index in [-0.39, 0.29) is 17.9 Å². The summed E-state index contributed by atoms with van der Waals surface area (Å²) in [5.74, 6) is -1.36. The molecule has 0 radical (unpaired) electrons. The Labute approximate surface area is 102 Å².